The van der Waals surface area contributed by atoms with Crippen LogP contribution in [-0.4, -0.2) is 18.4 Å². The summed E-state index contributed by atoms with van der Waals surface area (Å²) < 4.78 is 4.94. The summed E-state index contributed by atoms with van der Waals surface area (Å²) >= 11 is 0. The molecule has 0 heterocycles. The van der Waals surface area contributed by atoms with Crippen LogP contribution < -0.4 is 0 Å². The molecular weight excluding hydrogens is 300 g/mol. The second-order valence-corrected chi connectivity index (χ2v) is 6.30. The lowest BCUT2D eigenvalue weighted by atomic mass is 10.0. The molecule has 0 aliphatic rings. The maximum Gasteiger partial charge on any atom is 0.338 e. The van der Waals surface area contributed by atoms with Crippen LogP contribution in [0, 0.1) is 0 Å². The quantitative estimate of drug-likeness (QED) is 0.254. The summed E-state index contributed by atoms with van der Waals surface area (Å²) in [6, 6.07) is 6.79. The second-order valence-electron chi connectivity index (χ2n) is 6.30. The Hall–Kier alpha value is -1.64. The van der Waals surface area contributed by atoms with Crippen LogP contribution in [0.2, 0.25) is 0 Å². The highest BCUT2D eigenvalue weighted by Gasteiger charge is 2.09. The first-order chi connectivity index (χ1) is 11.7. The van der Waals surface area contributed by atoms with Crippen molar-refractivity contribution in [1.82, 2.24) is 0 Å². The summed E-state index contributed by atoms with van der Waals surface area (Å²) in [5, 5.41) is 0. The van der Waals surface area contributed by atoms with Gasteiger partial charge in [0.05, 0.1) is 12.2 Å². The van der Waals surface area contributed by atoms with Crippen molar-refractivity contribution in [2.45, 2.75) is 78.1 Å². The van der Waals surface area contributed by atoms with Gasteiger partial charge in [-0.3, -0.25) is 4.79 Å². The van der Waals surface area contributed by atoms with Gasteiger partial charge in [0.2, 0.25) is 0 Å². The third-order valence-electron chi connectivity index (χ3n) is 4.23. The number of hydrogen-bond donors (Lipinski definition) is 0. The zero-order valence-corrected chi connectivity index (χ0v) is 15.3. The number of benzene rings is 1. The number of rotatable bonds is 13. The van der Waals surface area contributed by atoms with Crippen LogP contribution in [-0.2, 0) is 4.74 Å². The lowest BCUT2D eigenvalue weighted by molar-refractivity contribution is 0.0526. The summed E-state index contributed by atoms with van der Waals surface area (Å²) in [5.41, 5.74) is 1.18. The average molecular weight is 332 g/mol. The molecule has 24 heavy (non-hydrogen) atoms. The van der Waals surface area contributed by atoms with Crippen molar-refractivity contribution < 1.29 is 14.3 Å². The summed E-state index contributed by atoms with van der Waals surface area (Å²) in [6.07, 6.45) is 11.8. The standard InChI is InChI=1S/C21H32O3/c1-3-5-6-7-8-9-10-11-12-13-20(22)18-14-16-19(17-15-18)21(23)24-4-2/h14-17H,3-13H2,1-2H3. The molecule has 0 N–H and O–H groups in total. The third-order valence-corrected chi connectivity index (χ3v) is 4.23. The van der Waals surface area contributed by atoms with Gasteiger partial charge in [-0.05, 0) is 25.5 Å². The Labute approximate surface area is 146 Å². The topological polar surface area (TPSA) is 43.4 Å². The number of carbonyl (C=O) groups excluding carboxylic acids is 2. The van der Waals surface area contributed by atoms with Gasteiger partial charge in [-0.2, -0.15) is 0 Å². The van der Waals surface area contributed by atoms with E-state index < -0.39 is 0 Å². The highest BCUT2D eigenvalue weighted by atomic mass is 16.5. The highest BCUT2D eigenvalue weighted by Crippen LogP contribution is 2.13. The zero-order chi connectivity index (χ0) is 17.6. The van der Waals surface area contributed by atoms with Crippen molar-refractivity contribution in [3.8, 4) is 0 Å². The Morgan fingerprint density at radius 3 is 1.79 bits per heavy atom. The number of ether oxygens (including phenoxy) is 1. The lowest BCUT2D eigenvalue weighted by Gasteiger charge is -2.04. The van der Waals surface area contributed by atoms with Crippen LogP contribution in [0.3, 0.4) is 0 Å². The van der Waals surface area contributed by atoms with Crippen molar-refractivity contribution >= 4 is 11.8 Å². The summed E-state index contributed by atoms with van der Waals surface area (Å²) in [4.78, 5) is 23.7. The molecule has 0 saturated carbocycles. The molecule has 134 valence electrons. The molecule has 1 aromatic rings. The van der Waals surface area contributed by atoms with E-state index in [1.54, 1.807) is 31.2 Å². The second kappa shape index (κ2) is 12.7. The largest absolute Gasteiger partial charge is 0.462 e. The fourth-order valence-electron chi connectivity index (χ4n) is 2.75. The van der Waals surface area contributed by atoms with Crippen molar-refractivity contribution in [2.75, 3.05) is 6.61 Å². The number of ketones is 1. The number of Topliss-reactive ketones (excluding diaryl/α,β-unsaturated/α-hetero) is 1. The number of hydrogen-bond acceptors (Lipinski definition) is 3. The molecule has 0 spiro atoms. The van der Waals surface area contributed by atoms with E-state index in [1.165, 1.54) is 44.9 Å². The molecule has 0 atom stereocenters. The van der Waals surface area contributed by atoms with Crippen molar-refractivity contribution in [3.63, 3.8) is 0 Å². The van der Waals surface area contributed by atoms with Crippen LogP contribution in [0.1, 0.15) is 98.8 Å². The zero-order valence-electron chi connectivity index (χ0n) is 15.3. The first-order valence-electron chi connectivity index (χ1n) is 9.49. The van der Waals surface area contributed by atoms with E-state index >= 15 is 0 Å². The minimum Gasteiger partial charge on any atom is -0.462 e. The van der Waals surface area contributed by atoms with Gasteiger partial charge < -0.3 is 4.74 Å². The van der Waals surface area contributed by atoms with E-state index in [4.69, 9.17) is 4.74 Å². The van der Waals surface area contributed by atoms with Crippen molar-refractivity contribution in [1.29, 1.82) is 0 Å². The first kappa shape index (κ1) is 20.4. The van der Waals surface area contributed by atoms with Crippen molar-refractivity contribution in [2.24, 2.45) is 0 Å². The van der Waals surface area contributed by atoms with E-state index in [0.717, 1.165) is 12.8 Å². The van der Waals surface area contributed by atoms with E-state index in [0.29, 0.717) is 24.2 Å². The molecule has 3 nitrogen and oxygen atoms in total. The first-order valence-corrected chi connectivity index (χ1v) is 9.49. The van der Waals surface area contributed by atoms with Crippen LogP contribution in [0.4, 0.5) is 0 Å². The Bertz CT molecular complexity index is 476. The van der Waals surface area contributed by atoms with E-state index in [2.05, 4.69) is 6.92 Å². The molecule has 1 rings (SSSR count). The Morgan fingerprint density at radius 1 is 0.750 bits per heavy atom. The van der Waals surface area contributed by atoms with Crippen LogP contribution in [0.5, 0.6) is 0 Å². The molecule has 0 aromatic heterocycles. The molecule has 3 heteroatoms. The van der Waals surface area contributed by atoms with Crippen LogP contribution >= 0.6 is 0 Å². The summed E-state index contributed by atoms with van der Waals surface area (Å²) in [6.45, 7) is 4.38. The average Bonchev–Trinajstić information content (AvgIpc) is 2.60. The Balaban J connectivity index is 2.18. The summed E-state index contributed by atoms with van der Waals surface area (Å²) in [7, 11) is 0. The fraction of sp³-hybridized carbons (Fsp3) is 0.619. The maximum absolute atomic E-state index is 12.1. The van der Waals surface area contributed by atoms with Gasteiger partial charge in [0.15, 0.2) is 5.78 Å². The van der Waals surface area contributed by atoms with E-state index in [9.17, 15) is 9.59 Å². The van der Waals surface area contributed by atoms with Gasteiger partial charge in [0.1, 0.15) is 0 Å². The van der Waals surface area contributed by atoms with Gasteiger partial charge in [-0.1, -0.05) is 70.4 Å². The van der Waals surface area contributed by atoms with E-state index in [-0.39, 0.29) is 11.8 Å². The van der Waals surface area contributed by atoms with Crippen molar-refractivity contribution in [3.05, 3.63) is 35.4 Å². The maximum atomic E-state index is 12.1. The highest BCUT2D eigenvalue weighted by molar-refractivity contribution is 5.97. The molecule has 0 amide bonds. The van der Waals surface area contributed by atoms with Crippen LogP contribution in [0.15, 0.2) is 24.3 Å². The van der Waals surface area contributed by atoms with Gasteiger partial charge in [0, 0.05) is 12.0 Å². The Kier molecular flexibility index (Phi) is 10.8. The monoisotopic (exact) mass is 332 g/mol. The van der Waals surface area contributed by atoms with Crippen LogP contribution in [0.25, 0.3) is 0 Å². The summed E-state index contributed by atoms with van der Waals surface area (Å²) in [5.74, 6) is -0.177. The number of carbonyl (C=O) groups is 2. The van der Waals surface area contributed by atoms with Gasteiger partial charge >= 0.3 is 5.97 Å². The molecule has 0 bridgehead atoms. The predicted molar refractivity (Wildman–Crippen MR) is 98.6 cm³/mol. The van der Waals surface area contributed by atoms with Gasteiger partial charge in [0.25, 0.3) is 0 Å². The van der Waals surface area contributed by atoms with E-state index in [1.807, 2.05) is 0 Å². The number of unbranched alkanes of at least 4 members (excludes halogenated alkanes) is 8. The lowest BCUT2D eigenvalue weighted by Crippen LogP contribution is -2.05. The minimum atomic E-state index is -0.338. The molecule has 0 aliphatic heterocycles. The SMILES string of the molecule is CCCCCCCCCCCC(=O)c1ccc(C(=O)OCC)cc1. The minimum absolute atomic E-state index is 0.161. The van der Waals surface area contributed by atoms with Gasteiger partial charge in [-0.15, -0.1) is 0 Å². The molecule has 0 radical (unpaired) electrons. The smallest absolute Gasteiger partial charge is 0.338 e. The molecule has 0 saturated heterocycles. The normalized spacial score (nSPS) is 10.6. The molecule has 0 aliphatic carbocycles. The third kappa shape index (κ3) is 8.28. The molecule has 0 unspecified atom stereocenters. The Morgan fingerprint density at radius 2 is 1.25 bits per heavy atom. The van der Waals surface area contributed by atoms with Gasteiger partial charge in [-0.25, -0.2) is 4.79 Å². The fourth-order valence-corrected chi connectivity index (χ4v) is 2.75. The number of esters is 1. The molecule has 0 fully saturated rings. The molecule has 1 aromatic carbocycles. The molecular formula is C21H32O3. The predicted octanol–water partition coefficient (Wildman–Crippen LogP) is 5.97.